The summed E-state index contributed by atoms with van der Waals surface area (Å²) in [5.41, 5.74) is 3.82. The van der Waals surface area contributed by atoms with Crippen LogP contribution >= 0.6 is 0 Å². The Labute approximate surface area is 171 Å². The van der Waals surface area contributed by atoms with Gasteiger partial charge < -0.3 is 14.4 Å². The lowest BCUT2D eigenvalue weighted by Crippen LogP contribution is -2.37. The number of carbonyl (C=O) groups is 1. The molecule has 0 saturated carbocycles. The highest BCUT2D eigenvalue weighted by molar-refractivity contribution is 5.73. The summed E-state index contributed by atoms with van der Waals surface area (Å²) in [5.74, 6) is 0.0502. The summed E-state index contributed by atoms with van der Waals surface area (Å²) in [6, 6.07) is 19.7. The molecule has 3 aromatic rings. The number of aromatic nitrogens is 2. The minimum absolute atomic E-state index is 0.0502. The standard InChI is InChI=1S/C23H25N5O/c1-19(29)27(16-21-6-4-3-5-7-21)12-13-28(17-23-15-25-18-26(23)2)22-10-8-20(14-24)9-11-22/h3-11,15,18H,12-13,16-17H2,1-2H3. The molecule has 0 bridgehead atoms. The zero-order chi connectivity index (χ0) is 20.6. The van der Waals surface area contributed by atoms with Gasteiger partial charge in [-0.05, 0) is 29.8 Å². The molecule has 0 atom stereocenters. The first-order chi connectivity index (χ1) is 14.1. The Kier molecular flexibility index (Phi) is 6.64. The Balaban J connectivity index is 1.76. The largest absolute Gasteiger partial charge is 0.364 e. The third-order valence-corrected chi connectivity index (χ3v) is 4.93. The predicted octanol–water partition coefficient (Wildman–Crippen LogP) is 3.35. The van der Waals surface area contributed by atoms with Crippen LogP contribution in [0.2, 0.25) is 0 Å². The first-order valence-corrected chi connectivity index (χ1v) is 9.56. The van der Waals surface area contributed by atoms with Crippen molar-refractivity contribution in [3.63, 3.8) is 0 Å². The van der Waals surface area contributed by atoms with Crippen LogP contribution in [0.4, 0.5) is 5.69 Å². The van der Waals surface area contributed by atoms with Gasteiger partial charge in [-0.1, -0.05) is 30.3 Å². The second kappa shape index (κ2) is 9.56. The van der Waals surface area contributed by atoms with E-state index in [1.807, 2.05) is 77.3 Å². The van der Waals surface area contributed by atoms with Crippen molar-refractivity contribution in [2.75, 3.05) is 18.0 Å². The number of imidazole rings is 1. The van der Waals surface area contributed by atoms with Gasteiger partial charge in [-0.2, -0.15) is 5.26 Å². The molecular weight excluding hydrogens is 362 g/mol. The maximum atomic E-state index is 12.2. The summed E-state index contributed by atoms with van der Waals surface area (Å²) in [5, 5.41) is 9.07. The number of aryl methyl sites for hydroxylation is 1. The van der Waals surface area contributed by atoms with Crippen LogP contribution in [0.25, 0.3) is 0 Å². The van der Waals surface area contributed by atoms with E-state index in [4.69, 9.17) is 5.26 Å². The van der Waals surface area contributed by atoms with E-state index < -0.39 is 0 Å². The Morgan fingerprint density at radius 3 is 2.38 bits per heavy atom. The Morgan fingerprint density at radius 1 is 1.07 bits per heavy atom. The van der Waals surface area contributed by atoms with Gasteiger partial charge >= 0.3 is 0 Å². The van der Waals surface area contributed by atoms with Crippen molar-refractivity contribution in [2.45, 2.75) is 20.0 Å². The molecule has 0 aliphatic rings. The maximum absolute atomic E-state index is 12.2. The summed E-state index contributed by atoms with van der Waals surface area (Å²) in [6.45, 7) is 4.13. The van der Waals surface area contributed by atoms with Crippen LogP contribution in [0.15, 0.2) is 67.1 Å². The van der Waals surface area contributed by atoms with Crippen molar-refractivity contribution in [2.24, 2.45) is 7.05 Å². The zero-order valence-electron chi connectivity index (χ0n) is 16.8. The molecule has 3 rings (SSSR count). The van der Waals surface area contributed by atoms with Gasteiger partial charge in [0.05, 0.1) is 30.2 Å². The van der Waals surface area contributed by atoms with Gasteiger partial charge in [-0.3, -0.25) is 4.79 Å². The van der Waals surface area contributed by atoms with Crippen molar-refractivity contribution >= 4 is 11.6 Å². The molecule has 0 spiro atoms. The molecule has 148 valence electrons. The number of amides is 1. The Hall–Kier alpha value is -3.59. The minimum atomic E-state index is 0.0502. The first-order valence-electron chi connectivity index (χ1n) is 9.56. The van der Waals surface area contributed by atoms with Gasteiger partial charge in [0.15, 0.2) is 0 Å². The van der Waals surface area contributed by atoms with Gasteiger partial charge in [0.25, 0.3) is 0 Å². The number of nitriles is 1. The van der Waals surface area contributed by atoms with Crippen LogP contribution < -0.4 is 4.90 Å². The number of benzene rings is 2. The van der Waals surface area contributed by atoms with Gasteiger partial charge in [-0.25, -0.2) is 4.98 Å². The molecule has 0 fully saturated rings. The van der Waals surface area contributed by atoms with Crippen molar-refractivity contribution in [3.05, 3.63) is 83.9 Å². The number of hydrogen-bond acceptors (Lipinski definition) is 4. The highest BCUT2D eigenvalue weighted by Crippen LogP contribution is 2.18. The molecule has 0 unspecified atom stereocenters. The SMILES string of the molecule is CC(=O)N(CCN(Cc1cncn1C)c1ccc(C#N)cc1)Cc1ccccc1. The fourth-order valence-corrected chi connectivity index (χ4v) is 3.17. The van der Waals surface area contributed by atoms with E-state index in [1.54, 1.807) is 13.3 Å². The smallest absolute Gasteiger partial charge is 0.219 e. The third-order valence-electron chi connectivity index (χ3n) is 4.93. The number of rotatable bonds is 8. The predicted molar refractivity (Wildman–Crippen MR) is 113 cm³/mol. The Morgan fingerprint density at radius 2 is 1.79 bits per heavy atom. The van der Waals surface area contributed by atoms with Crippen LogP contribution in [-0.4, -0.2) is 33.4 Å². The van der Waals surface area contributed by atoms with Gasteiger partial charge in [0.2, 0.25) is 5.91 Å². The van der Waals surface area contributed by atoms with E-state index in [2.05, 4.69) is 16.0 Å². The minimum Gasteiger partial charge on any atom is -0.364 e. The van der Waals surface area contributed by atoms with Crippen LogP contribution in [0.1, 0.15) is 23.7 Å². The van der Waals surface area contributed by atoms with Crippen LogP contribution in [0.3, 0.4) is 0 Å². The van der Waals surface area contributed by atoms with Crippen LogP contribution in [0, 0.1) is 11.3 Å². The molecular formula is C23H25N5O. The molecule has 0 N–H and O–H groups in total. The maximum Gasteiger partial charge on any atom is 0.219 e. The fourth-order valence-electron chi connectivity index (χ4n) is 3.17. The molecule has 0 aliphatic carbocycles. The van der Waals surface area contributed by atoms with Gasteiger partial charge in [0.1, 0.15) is 0 Å². The normalized spacial score (nSPS) is 10.4. The fraction of sp³-hybridized carbons (Fsp3) is 0.261. The molecule has 1 amide bonds. The quantitative estimate of drug-likeness (QED) is 0.595. The monoisotopic (exact) mass is 387 g/mol. The molecule has 0 aliphatic heterocycles. The first kappa shape index (κ1) is 20.2. The van der Waals surface area contributed by atoms with Crippen molar-refractivity contribution < 1.29 is 4.79 Å². The summed E-state index contributed by atoms with van der Waals surface area (Å²) < 4.78 is 1.99. The Bertz CT molecular complexity index is 973. The van der Waals surface area contributed by atoms with E-state index in [-0.39, 0.29) is 5.91 Å². The van der Waals surface area contributed by atoms with Gasteiger partial charge in [-0.15, -0.1) is 0 Å². The molecule has 1 heterocycles. The van der Waals surface area contributed by atoms with E-state index in [1.165, 1.54) is 0 Å². The lowest BCUT2D eigenvalue weighted by molar-refractivity contribution is -0.129. The molecule has 6 heteroatoms. The van der Waals surface area contributed by atoms with Crippen molar-refractivity contribution in [1.29, 1.82) is 5.26 Å². The molecule has 1 aromatic heterocycles. The van der Waals surface area contributed by atoms with Crippen molar-refractivity contribution in [3.8, 4) is 6.07 Å². The van der Waals surface area contributed by atoms with E-state index >= 15 is 0 Å². The van der Waals surface area contributed by atoms with Crippen LogP contribution in [-0.2, 0) is 24.9 Å². The van der Waals surface area contributed by atoms with E-state index in [0.29, 0.717) is 31.7 Å². The van der Waals surface area contributed by atoms with Crippen LogP contribution in [0.5, 0.6) is 0 Å². The number of nitrogens with zero attached hydrogens (tertiary/aromatic N) is 5. The third kappa shape index (κ3) is 5.45. The number of hydrogen-bond donors (Lipinski definition) is 0. The summed E-state index contributed by atoms with van der Waals surface area (Å²) in [6.07, 6.45) is 3.63. The summed E-state index contributed by atoms with van der Waals surface area (Å²) >= 11 is 0. The van der Waals surface area contributed by atoms with Gasteiger partial charge in [0, 0.05) is 45.5 Å². The lowest BCUT2D eigenvalue weighted by Gasteiger charge is -2.29. The summed E-state index contributed by atoms with van der Waals surface area (Å²) in [4.78, 5) is 20.5. The second-order valence-electron chi connectivity index (χ2n) is 7.00. The highest BCUT2D eigenvalue weighted by Gasteiger charge is 2.15. The van der Waals surface area contributed by atoms with Crippen molar-refractivity contribution in [1.82, 2.24) is 14.5 Å². The summed E-state index contributed by atoms with van der Waals surface area (Å²) in [7, 11) is 1.97. The topological polar surface area (TPSA) is 65.2 Å². The molecule has 6 nitrogen and oxygen atoms in total. The average molecular weight is 387 g/mol. The average Bonchev–Trinajstić information content (AvgIpc) is 3.15. The lowest BCUT2D eigenvalue weighted by atomic mass is 10.2. The molecule has 29 heavy (non-hydrogen) atoms. The van der Waals surface area contributed by atoms with E-state index in [9.17, 15) is 4.79 Å². The molecule has 2 aromatic carbocycles. The zero-order valence-corrected chi connectivity index (χ0v) is 16.8. The molecule has 0 saturated heterocycles. The van der Waals surface area contributed by atoms with E-state index in [0.717, 1.165) is 16.9 Å². The number of carbonyl (C=O) groups excluding carboxylic acids is 1. The highest BCUT2D eigenvalue weighted by atomic mass is 16.2. The second-order valence-corrected chi connectivity index (χ2v) is 7.00. The molecule has 0 radical (unpaired) electrons. The number of anilines is 1.